The van der Waals surface area contributed by atoms with Crippen LogP contribution in [0.15, 0.2) is 30.7 Å². The summed E-state index contributed by atoms with van der Waals surface area (Å²) in [5.41, 5.74) is 1.23. The zero-order valence-corrected chi connectivity index (χ0v) is 8.95. The minimum atomic E-state index is 0.909. The molecule has 1 N–H and O–H groups in total. The topological polar surface area (TPSA) is 19.7 Å². The van der Waals surface area contributed by atoms with Gasteiger partial charge in [-0.05, 0) is 18.9 Å². The van der Waals surface area contributed by atoms with Crippen LogP contribution in [0.3, 0.4) is 0 Å². The van der Waals surface area contributed by atoms with Crippen LogP contribution >= 0.6 is 0 Å². The minimum absolute atomic E-state index is 0.909. The van der Waals surface area contributed by atoms with E-state index in [2.05, 4.69) is 34.1 Å². The van der Waals surface area contributed by atoms with E-state index in [0.29, 0.717) is 0 Å². The summed E-state index contributed by atoms with van der Waals surface area (Å²) in [6.45, 7) is 1.20. The molecular weight excluding hydrogens is 184 g/mol. The molecule has 0 bridgehead atoms. The number of hydrogen-bond donors (Lipinski definition) is 1. The lowest BCUT2D eigenvalue weighted by Crippen LogP contribution is -2.35. The minimum Gasteiger partial charge on any atom is -0.361 e. The quantitative estimate of drug-likeness (QED) is 0.721. The fourth-order valence-corrected chi connectivity index (χ4v) is 2.65. The number of aromatic nitrogens is 2. The molecule has 1 saturated carbocycles. The van der Waals surface area contributed by atoms with Crippen LogP contribution in [0.2, 0.25) is 0 Å². The summed E-state index contributed by atoms with van der Waals surface area (Å²) < 4.78 is 2.34. The van der Waals surface area contributed by atoms with Crippen molar-refractivity contribution < 1.29 is 4.57 Å². The lowest BCUT2D eigenvalue weighted by molar-refractivity contribution is -0.701. The van der Waals surface area contributed by atoms with Crippen LogP contribution in [-0.2, 0) is 6.54 Å². The van der Waals surface area contributed by atoms with E-state index in [1.54, 1.807) is 0 Å². The van der Waals surface area contributed by atoms with Crippen LogP contribution in [0.5, 0.6) is 0 Å². The molecule has 0 spiro atoms. The van der Waals surface area contributed by atoms with Gasteiger partial charge in [0.1, 0.15) is 0 Å². The molecule has 2 aromatic rings. The molecule has 2 nitrogen and oxygen atoms in total. The number of aromatic amines is 1. The van der Waals surface area contributed by atoms with Crippen molar-refractivity contribution in [3.63, 3.8) is 0 Å². The van der Waals surface area contributed by atoms with E-state index >= 15 is 0 Å². The van der Waals surface area contributed by atoms with Crippen molar-refractivity contribution in [3.05, 3.63) is 30.7 Å². The van der Waals surface area contributed by atoms with Crippen molar-refractivity contribution >= 4 is 10.9 Å². The zero-order chi connectivity index (χ0) is 10.1. The summed E-state index contributed by atoms with van der Waals surface area (Å²) in [6.07, 6.45) is 12.1. The molecule has 0 saturated heterocycles. The van der Waals surface area contributed by atoms with Crippen LogP contribution in [0.1, 0.15) is 25.7 Å². The lowest BCUT2D eigenvalue weighted by atomic mass is 10.1. The third kappa shape index (κ3) is 1.76. The first kappa shape index (κ1) is 8.96. The molecule has 1 fully saturated rings. The van der Waals surface area contributed by atoms with Gasteiger partial charge in [0.15, 0.2) is 18.9 Å². The van der Waals surface area contributed by atoms with Gasteiger partial charge in [-0.3, -0.25) is 0 Å². The predicted molar refractivity (Wildman–Crippen MR) is 60.5 cm³/mol. The van der Waals surface area contributed by atoms with Crippen LogP contribution in [-0.4, -0.2) is 4.98 Å². The van der Waals surface area contributed by atoms with Crippen LogP contribution < -0.4 is 4.57 Å². The second-order valence-corrected chi connectivity index (χ2v) is 4.64. The van der Waals surface area contributed by atoms with Gasteiger partial charge in [0.2, 0.25) is 0 Å². The van der Waals surface area contributed by atoms with Gasteiger partial charge in [0, 0.05) is 18.2 Å². The second kappa shape index (κ2) is 3.69. The maximum Gasteiger partial charge on any atom is 0.178 e. The summed E-state index contributed by atoms with van der Waals surface area (Å²) in [4.78, 5) is 3.23. The molecule has 0 amide bonds. The number of nitrogens with one attached hydrogen (secondary N) is 1. The van der Waals surface area contributed by atoms with Gasteiger partial charge in [-0.1, -0.05) is 12.8 Å². The van der Waals surface area contributed by atoms with Gasteiger partial charge in [0.25, 0.3) is 0 Å². The Labute approximate surface area is 89.9 Å². The van der Waals surface area contributed by atoms with Crippen LogP contribution in [0.25, 0.3) is 10.9 Å². The van der Waals surface area contributed by atoms with E-state index in [-0.39, 0.29) is 0 Å². The molecule has 2 heterocycles. The maximum atomic E-state index is 3.23. The second-order valence-electron chi connectivity index (χ2n) is 4.64. The fraction of sp³-hybridized carbons (Fsp3) is 0.462. The first-order valence-corrected chi connectivity index (χ1v) is 5.88. The van der Waals surface area contributed by atoms with E-state index in [1.165, 1.54) is 43.1 Å². The maximum absolute atomic E-state index is 3.23. The van der Waals surface area contributed by atoms with E-state index in [1.807, 2.05) is 6.20 Å². The highest BCUT2D eigenvalue weighted by Gasteiger charge is 2.19. The molecule has 78 valence electrons. The molecule has 0 unspecified atom stereocenters. The standard InChI is InChI=1S/C13H16N2/c1-2-4-11(3-1)9-15-8-6-13-12(10-15)5-7-14-13/h5-8,10-11H,1-4,9H2/p+1. The highest BCUT2D eigenvalue weighted by atomic mass is 14.9. The van der Waals surface area contributed by atoms with Crippen molar-refractivity contribution in [2.75, 3.05) is 0 Å². The highest BCUT2D eigenvalue weighted by molar-refractivity contribution is 5.76. The van der Waals surface area contributed by atoms with Crippen molar-refractivity contribution in [2.45, 2.75) is 32.2 Å². The number of nitrogens with zero attached hydrogens (tertiary/aromatic N) is 1. The predicted octanol–water partition coefficient (Wildman–Crippen LogP) is 2.65. The largest absolute Gasteiger partial charge is 0.361 e. The summed E-state index contributed by atoms with van der Waals surface area (Å²) in [7, 11) is 0. The Hall–Kier alpha value is -1.31. The fourth-order valence-electron chi connectivity index (χ4n) is 2.65. The molecule has 2 heteroatoms. The zero-order valence-electron chi connectivity index (χ0n) is 8.95. The Kier molecular flexibility index (Phi) is 2.20. The molecule has 15 heavy (non-hydrogen) atoms. The number of H-pyrrole nitrogens is 1. The lowest BCUT2D eigenvalue weighted by Gasteiger charge is -2.03. The van der Waals surface area contributed by atoms with Gasteiger partial charge >= 0.3 is 0 Å². The SMILES string of the molecule is c1cc2c[n+](CC3CCCC3)ccc2[nH]1. The van der Waals surface area contributed by atoms with Crippen LogP contribution in [0.4, 0.5) is 0 Å². The normalized spacial score (nSPS) is 17.6. The summed E-state index contributed by atoms with van der Waals surface area (Å²) in [5.74, 6) is 0.909. The van der Waals surface area contributed by atoms with Gasteiger partial charge in [-0.2, -0.15) is 0 Å². The monoisotopic (exact) mass is 201 g/mol. The van der Waals surface area contributed by atoms with Crippen molar-refractivity contribution in [2.24, 2.45) is 5.92 Å². The smallest absolute Gasteiger partial charge is 0.178 e. The molecule has 3 rings (SSSR count). The molecule has 1 aliphatic carbocycles. The van der Waals surface area contributed by atoms with E-state index in [0.717, 1.165) is 5.92 Å². The number of pyridine rings is 1. The Morgan fingerprint density at radius 3 is 3.00 bits per heavy atom. The Balaban J connectivity index is 1.84. The Bertz CT molecular complexity index is 452. The van der Waals surface area contributed by atoms with Gasteiger partial charge in [0.05, 0.1) is 10.9 Å². The highest BCUT2D eigenvalue weighted by Crippen LogP contribution is 2.24. The van der Waals surface area contributed by atoms with Crippen LogP contribution in [0, 0.1) is 5.92 Å². The molecule has 2 aromatic heterocycles. The molecule has 1 aliphatic rings. The first-order chi connectivity index (χ1) is 7.42. The molecular formula is C13H17N2+. The number of rotatable bonds is 2. The summed E-state index contributed by atoms with van der Waals surface area (Å²) >= 11 is 0. The number of hydrogen-bond acceptors (Lipinski definition) is 0. The average molecular weight is 201 g/mol. The summed E-state index contributed by atoms with van der Waals surface area (Å²) in [5, 5.41) is 1.32. The van der Waals surface area contributed by atoms with E-state index < -0.39 is 0 Å². The van der Waals surface area contributed by atoms with Gasteiger partial charge in [-0.15, -0.1) is 0 Å². The first-order valence-electron chi connectivity index (χ1n) is 5.88. The molecule has 0 aliphatic heterocycles. The molecule has 0 aromatic carbocycles. The van der Waals surface area contributed by atoms with Crippen molar-refractivity contribution in [1.29, 1.82) is 0 Å². The molecule has 0 atom stereocenters. The van der Waals surface area contributed by atoms with Crippen molar-refractivity contribution in [1.82, 2.24) is 4.98 Å². The third-order valence-electron chi connectivity index (χ3n) is 3.49. The van der Waals surface area contributed by atoms with Crippen molar-refractivity contribution in [3.8, 4) is 0 Å². The van der Waals surface area contributed by atoms with E-state index in [4.69, 9.17) is 0 Å². The Morgan fingerprint density at radius 1 is 1.27 bits per heavy atom. The Morgan fingerprint density at radius 2 is 2.13 bits per heavy atom. The summed E-state index contributed by atoms with van der Waals surface area (Å²) in [6, 6.07) is 4.31. The average Bonchev–Trinajstić information content (AvgIpc) is 2.87. The van der Waals surface area contributed by atoms with Gasteiger partial charge < -0.3 is 4.98 Å². The third-order valence-corrected chi connectivity index (χ3v) is 3.49. The number of fused-ring (bicyclic) bond motifs is 1. The molecule has 0 radical (unpaired) electrons. The van der Waals surface area contributed by atoms with E-state index in [9.17, 15) is 0 Å². The van der Waals surface area contributed by atoms with Gasteiger partial charge in [-0.25, -0.2) is 4.57 Å².